The van der Waals surface area contributed by atoms with Gasteiger partial charge < -0.3 is 14.8 Å². The minimum absolute atomic E-state index is 0.353. The van der Waals surface area contributed by atoms with Gasteiger partial charge >= 0.3 is 0 Å². The number of carbonyl (C=O) groups is 1. The fraction of sp³-hybridized carbons (Fsp3) is 0.235. The second kappa shape index (κ2) is 7.84. The number of sulfonamides is 1. The van der Waals surface area contributed by atoms with E-state index >= 15 is 0 Å². The molecule has 7 nitrogen and oxygen atoms in total. The second-order valence-electron chi connectivity index (χ2n) is 5.42. The molecule has 0 unspecified atom stereocenters. The lowest BCUT2D eigenvalue weighted by Crippen LogP contribution is -2.24. The van der Waals surface area contributed by atoms with Gasteiger partial charge in [-0.25, -0.2) is 8.42 Å². The lowest BCUT2D eigenvalue weighted by molar-refractivity contribution is 0.102. The van der Waals surface area contributed by atoms with Crippen LogP contribution in [-0.4, -0.2) is 41.8 Å². The van der Waals surface area contributed by atoms with Crippen molar-refractivity contribution in [2.75, 3.05) is 37.1 Å². The van der Waals surface area contributed by atoms with Gasteiger partial charge in [-0.05, 0) is 24.3 Å². The molecule has 2 aromatic rings. The number of anilines is 2. The standard InChI is InChI=1S/C17H19ClN2O5S/c1-20(26(4,22)23)12-7-5-11(6-8-12)17(21)19-14-10-15(24-2)13(18)9-16(14)25-3/h5-10H,1-4H3,(H,19,21). The summed E-state index contributed by atoms with van der Waals surface area (Å²) in [6.45, 7) is 0. The maximum absolute atomic E-state index is 12.5. The van der Waals surface area contributed by atoms with Gasteiger partial charge in [-0.2, -0.15) is 0 Å². The summed E-state index contributed by atoms with van der Waals surface area (Å²) in [6, 6.07) is 9.27. The average molecular weight is 399 g/mol. The van der Waals surface area contributed by atoms with Crippen LogP contribution in [0.4, 0.5) is 11.4 Å². The first kappa shape index (κ1) is 19.9. The summed E-state index contributed by atoms with van der Waals surface area (Å²) < 4.78 is 34.6. The first-order valence-electron chi connectivity index (χ1n) is 7.44. The van der Waals surface area contributed by atoms with Crippen molar-refractivity contribution in [1.82, 2.24) is 0 Å². The third-order valence-electron chi connectivity index (χ3n) is 3.71. The molecule has 0 radical (unpaired) electrons. The summed E-state index contributed by atoms with van der Waals surface area (Å²) in [7, 11) is 1.00. The molecule has 0 aromatic heterocycles. The van der Waals surface area contributed by atoms with Crippen molar-refractivity contribution in [2.45, 2.75) is 0 Å². The molecule has 26 heavy (non-hydrogen) atoms. The number of nitrogens with one attached hydrogen (secondary N) is 1. The van der Waals surface area contributed by atoms with Gasteiger partial charge in [0, 0.05) is 24.7 Å². The molecule has 0 aliphatic heterocycles. The van der Waals surface area contributed by atoms with E-state index in [2.05, 4.69) is 5.32 Å². The zero-order valence-corrected chi connectivity index (χ0v) is 16.3. The predicted octanol–water partition coefficient (Wildman–Crippen LogP) is 3.01. The van der Waals surface area contributed by atoms with Gasteiger partial charge in [-0.3, -0.25) is 9.10 Å². The highest BCUT2D eigenvalue weighted by molar-refractivity contribution is 7.92. The molecule has 140 valence electrons. The minimum Gasteiger partial charge on any atom is -0.495 e. The SMILES string of the molecule is COc1cc(NC(=O)c2ccc(N(C)S(C)(=O)=O)cc2)c(OC)cc1Cl. The van der Waals surface area contributed by atoms with E-state index in [0.717, 1.165) is 10.6 Å². The van der Waals surface area contributed by atoms with Crippen LogP contribution in [0.2, 0.25) is 5.02 Å². The Balaban J connectivity index is 2.25. The van der Waals surface area contributed by atoms with Crippen LogP contribution in [0.25, 0.3) is 0 Å². The monoisotopic (exact) mass is 398 g/mol. The van der Waals surface area contributed by atoms with Crippen molar-refractivity contribution in [3.8, 4) is 11.5 Å². The second-order valence-corrected chi connectivity index (χ2v) is 7.84. The smallest absolute Gasteiger partial charge is 0.255 e. The minimum atomic E-state index is -3.37. The third kappa shape index (κ3) is 4.39. The van der Waals surface area contributed by atoms with Gasteiger partial charge in [-0.15, -0.1) is 0 Å². The number of benzene rings is 2. The van der Waals surface area contributed by atoms with E-state index in [1.165, 1.54) is 33.4 Å². The van der Waals surface area contributed by atoms with Crippen molar-refractivity contribution < 1.29 is 22.7 Å². The number of hydrogen-bond acceptors (Lipinski definition) is 5. The van der Waals surface area contributed by atoms with Crippen molar-refractivity contribution >= 4 is 38.9 Å². The van der Waals surface area contributed by atoms with Gasteiger partial charge in [-0.1, -0.05) is 11.6 Å². The topological polar surface area (TPSA) is 84.9 Å². The maximum Gasteiger partial charge on any atom is 0.255 e. The van der Waals surface area contributed by atoms with Crippen LogP contribution in [0, 0.1) is 0 Å². The molecule has 0 heterocycles. The summed E-state index contributed by atoms with van der Waals surface area (Å²) in [5, 5.41) is 3.08. The first-order chi connectivity index (χ1) is 12.2. The molecule has 0 fully saturated rings. The lowest BCUT2D eigenvalue weighted by atomic mass is 10.2. The fourth-order valence-corrected chi connectivity index (χ4v) is 2.90. The molecule has 0 aliphatic carbocycles. The number of carbonyl (C=O) groups excluding carboxylic acids is 1. The summed E-state index contributed by atoms with van der Waals surface area (Å²) >= 11 is 6.05. The Morgan fingerprint density at radius 1 is 1.08 bits per heavy atom. The molecule has 9 heteroatoms. The Hall–Kier alpha value is -2.45. The molecular weight excluding hydrogens is 380 g/mol. The van der Waals surface area contributed by atoms with Crippen LogP contribution >= 0.6 is 11.6 Å². The van der Waals surface area contributed by atoms with Gasteiger partial charge in [0.2, 0.25) is 10.0 Å². The molecule has 1 N–H and O–H groups in total. The van der Waals surface area contributed by atoms with Crippen LogP contribution in [-0.2, 0) is 10.0 Å². The molecular formula is C17H19ClN2O5S. The number of nitrogens with zero attached hydrogens (tertiary/aromatic N) is 1. The van der Waals surface area contributed by atoms with E-state index in [1.54, 1.807) is 24.3 Å². The summed E-state index contributed by atoms with van der Waals surface area (Å²) in [5.41, 5.74) is 1.21. The van der Waals surface area contributed by atoms with Crippen LogP contribution in [0.3, 0.4) is 0 Å². The Morgan fingerprint density at radius 2 is 1.65 bits per heavy atom. The zero-order valence-electron chi connectivity index (χ0n) is 14.7. The number of hydrogen-bond donors (Lipinski definition) is 1. The normalized spacial score (nSPS) is 11.0. The first-order valence-corrected chi connectivity index (χ1v) is 9.67. The van der Waals surface area contributed by atoms with Crippen LogP contribution in [0.1, 0.15) is 10.4 Å². The van der Waals surface area contributed by atoms with E-state index in [-0.39, 0.29) is 5.91 Å². The number of halogens is 1. The highest BCUT2D eigenvalue weighted by atomic mass is 35.5. The van der Waals surface area contributed by atoms with Crippen LogP contribution < -0.4 is 19.1 Å². The van der Waals surface area contributed by atoms with E-state index in [4.69, 9.17) is 21.1 Å². The predicted molar refractivity (Wildman–Crippen MR) is 102 cm³/mol. The fourth-order valence-electron chi connectivity index (χ4n) is 2.17. The van der Waals surface area contributed by atoms with E-state index < -0.39 is 10.0 Å². The van der Waals surface area contributed by atoms with Gasteiger partial charge in [0.05, 0.1) is 36.9 Å². The quantitative estimate of drug-likeness (QED) is 0.808. The Morgan fingerprint density at radius 3 is 2.15 bits per heavy atom. The summed E-state index contributed by atoms with van der Waals surface area (Å²) in [6.07, 6.45) is 1.10. The van der Waals surface area contributed by atoms with Crippen molar-refractivity contribution in [3.05, 3.63) is 47.0 Å². The molecule has 2 aromatic carbocycles. The molecule has 2 rings (SSSR count). The third-order valence-corrected chi connectivity index (χ3v) is 5.21. The van der Waals surface area contributed by atoms with Gasteiger partial charge in [0.25, 0.3) is 5.91 Å². The van der Waals surface area contributed by atoms with Crippen molar-refractivity contribution in [3.63, 3.8) is 0 Å². The molecule has 0 saturated heterocycles. The zero-order chi connectivity index (χ0) is 19.5. The molecule has 0 saturated carbocycles. The summed E-state index contributed by atoms with van der Waals surface area (Å²) in [5.74, 6) is 0.395. The maximum atomic E-state index is 12.5. The summed E-state index contributed by atoms with van der Waals surface area (Å²) in [4.78, 5) is 12.5. The van der Waals surface area contributed by atoms with Gasteiger partial charge in [0.15, 0.2) is 0 Å². The number of methoxy groups -OCH3 is 2. The Labute approximate surface area is 157 Å². The molecule has 0 bridgehead atoms. The Kier molecular flexibility index (Phi) is 5.99. The number of amides is 1. The molecule has 1 amide bonds. The van der Waals surface area contributed by atoms with E-state index in [0.29, 0.717) is 33.5 Å². The van der Waals surface area contributed by atoms with E-state index in [9.17, 15) is 13.2 Å². The number of ether oxygens (including phenoxy) is 2. The van der Waals surface area contributed by atoms with Crippen LogP contribution in [0.5, 0.6) is 11.5 Å². The highest BCUT2D eigenvalue weighted by Crippen LogP contribution is 2.36. The Bertz CT molecular complexity index is 913. The molecule has 0 spiro atoms. The molecule has 0 aliphatic rings. The van der Waals surface area contributed by atoms with Crippen molar-refractivity contribution in [1.29, 1.82) is 0 Å². The van der Waals surface area contributed by atoms with Gasteiger partial charge in [0.1, 0.15) is 11.5 Å². The number of rotatable bonds is 6. The highest BCUT2D eigenvalue weighted by Gasteiger charge is 2.15. The lowest BCUT2D eigenvalue weighted by Gasteiger charge is -2.17. The van der Waals surface area contributed by atoms with E-state index in [1.807, 2.05) is 0 Å². The largest absolute Gasteiger partial charge is 0.495 e. The van der Waals surface area contributed by atoms with Crippen molar-refractivity contribution in [2.24, 2.45) is 0 Å². The van der Waals surface area contributed by atoms with Crippen LogP contribution in [0.15, 0.2) is 36.4 Å². The average Bonchev–Trinajstić information content (AvgIpc) is 2.61. The molecule has 0 atom stereocenters.